The second-order valence-corrected chi connectivity index (χ2v) is 3.45. The molecule has 0 N–H and O–H groups in total. The van der Waals surface area contributed by atoms with Gasteiger partial charge in [-0.05, 0) is 25.5 Å². The number of hydrogen-bond donors (Lipinski definition) is 0. The summed E-state index contributed by atoms with van der Waals surface area (Å²) in [5.41, 5.74) is 0.828. The highest BCUT2D eigenvalue weighted by molar-refractivity contribution is 5.32. The van der Waals surface area contributed by atoms with E-state index in [0.29, 0.717) is 11.1 Å². The average Bonchev–Trinajstić information content (AvgIpc) is 2.26. The average molecular weight is 207 g/mol. The lowest BCUT2D eigenvalue weighted by atomic mass is 10.1. The highest BCUT2D eigenvalue weighted by Gasteiger charge is 2.05. The Labute approximate surface area is 89.3 Å². The van der Waals surface area contributed by atoms with Crippen molar-refractivity contribution in [3.05, 3.63) is 35.1 Å². The summed E-state index contributed by atoms with van der Waals surface area (Å²) < 4.78 is 18.8. The molecule has 15 heavy (non-hydrogen) atoms. The molecule has 1 unspecified atom stereocenters. The highest BCUT2D eigenvalue weighted by Crippen LogP contribution is 2.12. The second-order valence-electron chi connectivity index (χ2n) is 3.45. The van der Waals surface area contributed by atoms with Crippen molar-refractivity contribution < 1.29 is 9.13 Å². The minimum atomic E-state index is -0.377. The van der Waals surface area contributed by atoms with Gasteiger partial charge in [-0.1, -0.05) is 13.0 Å². The van der Waals surface area contributed by atoms with Crippen LogP contribution in [0.2, 0.25) is 0 Å². The topological polar surface area (TPSA) is 33.0 Å². The summed E-state index contributed by atoms with van der Waals surface area (Å²) in [5, 5.41) is 8.56. The van der Waals surface area contributed by atoms with Crippen molar-refractivity contribution in [3.63, 3.8) is 0 Å². The predicted octanol–water partition coefficient (Wildman–Crippen LogP) is 3.01. The van der Waals surface area contributed by atoms with Crippen LogP contribution in [0.25, 0.3) is 0 Å². The molecule has 0 saturated heterocycles. The van der Waals surface area contributed by atoms with Gasteiger partial charge < -0.3 is 4.74 Å². The maximum atomic E-state index is 13.4. The normalized spacial score (nSPS) is 12.1. The largest absolute Gasteiger partial charge is 0.374 e. The van der Waals surface area contributed by atoms with Gasteiger partial charge in [0.25, 0.3) is 0 Å². The quantitative estimate of drug-likeness (QED) is 0.760. The SMILES string of the molecule is CCC(C)OCc1ccc(C#N)cc1F. The summed E-state index contributed by atoms with van der Waals surface area (Å²) >= 11 is 0. The van der Waals surface area contributed by atoms with Gasteiger partial charge in [-0.15, -0.1) is 0 Å². The van der Waals surface area contributed by atoms with E-state index in [1.54, 1.807) is 12.1 Å². The Kier molecular flexibility index (Phi) is 4.26. The molecule has 0 radical (unpaired) electrons. The minimum absolute atomic E-state index is 0.125. The zero-order valence-corrected chi connectivity index (χ0v) is 8.96. The van der Waals surface area contributed by atoms with E-state index in [4.69, 9.17) is 10.00 Å². The van der Waals surface area contributed by atoms with Crippen molar-refractivity contribution in [1.29, 1.82) is 5.26 Å². The number of nitriles is 1. The van der Waals surface area contributed by atoms with Crippen molar-refractivity contribution in [2.24, 2.45) is 0 Å². The van der Waals surface area contributed by atoms with Crippen molar-refractivity contribution in [2.45, 2.75) is 33.0 Å². The molecule has 1 aromatic carbocycles. The van der Waals surface area contributed by atoms with E-state index < -0.39 is 0 Å². The standard InChI is InChI=1S/C12H14FNO/c1-3-9(2)15-8-11-5-4-10(7-14)6-12(11)13/h4-6,9H,3,8H2,1-2H3. The van der Waals surface area contributed by atoms with Crippen LogP contribution in [0.5, 0.6) is 0 Å². The molecule has 0 spiro atoms. The molecular weight excluding hydrogens is 193 g/mol. The summed E-state index contributed by atoms with van der Waals surface area (Å²) in [7, 11) is 0. The van der Waals surface area contributed by atoms with E-state index in [0.717, 1.165) is 6.42 Å². The highest BCUT2D eigenvalue weighted by atomic mass is 19.1. The molecule has 0 aromatic heterocycles. The fourth-order valence-electron chi connectivity index (χ4n) is 1.08. The fraction of sp³-hybridized carbons (Fsp3) is 0.417. The number of rotatable bonds is 4. The zero-order chi connectivity index (χ0) is 11.3. The molecule has 80 valence electrons. The molecule has 0 aliphatic heterocycles. The summed E-state index contributed by atoms with van der Waals surface area (Å²) in [4.78, 5) is 0. The third-order valence-electron chi connectivity index (χ3n) is 2.28. The van der Waals surface area contributed by atoms with E-state index >= 15 is 0 Å². The third kappa shape index (κ3) is 3.34. The number of ether oxygens (including phenoxy) is 1. The van der Waals surface area contributed by atoms with Crippen molar-refractivity contribution in [2.75, 3.05) is 0 Å². The van der Waals surface area contributed by atoms with E-state index in [-0.39, 0.29) is 18.5 Å². The van der Waals surface area contributed by atoms with Crippen LogP contribution >= 0.6 is 0 Å². The first-order chi connectivity index (χ1) is 7.17. The second kappa shape index (κ2) is 5.47. The molecule has 1 aromatic rings. The maximum absolute atomic E-state index is 13.4. The van der Waals surface area contributed by atoms with E-state index in [1.165, 1.54) is 6.07 Å². The molecule has 0 fully saturated rings. The van der Waals surface area contributed by atoms with Gasteiger partial charge in [0, 0.05) is 5.56 Å². The smallest absolute Gasteiger partial charge is 0.130 e. The summed E-state index contributed by atoms with van der Waals surface area (Å²) in [6.07, 6.45) is 1.03. The number of halogens is 1. The first-order valence-electron chi connectivity index (χ1n) is 4.97. The van der Waals surface area contributed by atoms with Gasteiger partial charge in [0.1, 0.15) is 5.82 Å². The minimum Gasteiger partial charge on any atom is -0.374 e. The van der Waals surface area contributed by atoms with E-state index in [1.807, 2.05) is 19.9 Å². The van der Waals surface area contributed by atoms with Gasteiger partial charge in [-0.25, -0.2) is 4.39 Å². The zero-order valence-electron chi connectivity index (χ0n) is 8.96. The maximum Gasteiger partial charge on any atom is 0.130 e. The Morgan fingerprint density at radius 3 is 2.80 bits per heavy atom. The molecular formula is C12H14FNO. The van der Waals surface area contributed by atoms with Crippen LogP contribution in [0.1, 0.15) is 31.4 Å². The Hall–Kier alpha value is -1.40. The molecule has 0 aliphatic rings. The summed E-state index contributed by atoms with van der Waals surface area (Å²) in [5.74, 6) is -0.377. The molecule has 0 bridgehead atoms. The molecule has 0 aliphatic carbocycles. The monoisotopic (exact) mass is 207 g/mol. The molecule has 1 atom stereocenters. The van der Waals surface area contributed by atoms with Gasteiger partial charge in [-0.3, -0.25) is 0 Å². The van der Waals surface area contributed by atoms with Gasteiger partial charge in [0.15, 0.2) is 0 Å². The van der Waals surface area contributed by atoms with Crippen molar-refractivity contribution in [1.82, 2.24) is 0 Å². The van der Waals surface area contributed by atoms with E-state index in [9.17, 15) is 4.39 Å². The summed E-state index contributed by atoms with van der Waals surface area (Å²) in [6, 6.07) is 6.31. The first-order valence-corrected chi connectivity index (χ1v) is 4.97. The fourth-order valence-corrected chi connectivity index (χ4v) is 1.08. The van der Waals surface area contributed by atoms with Crippen molar-refractivity contribution in [3.8, 4) is 6.07 Å². The lowest BCUT2D eigenvalue weighted by Crippen LogP contribution is -2.07. The molecule has 3 heteroatoms. The van der Waals surface area contributed by atoms with Gasteiger partial charge >= 0.3 is 0 Å². The lowest BCUT2D eigenvalue weighted by Gasteiger charge is -2.10. The van der Waals surface area contributed by atoms with Crippen LogP contribution in [-0.2, 0) is 11.3 Å². The summed E-state index contributed by atoms with van der Waals surface area (Å²) in [6.45, 7) is 4.22. The molecule has 0 heterocycles. The van der Waals surface area contributed by atoms with Crippen LogP contribution in [0.15, 0.2) is 18.2 Å². The van der Waals surface area contributed by atoms with Crippen LogP contribution in [0, 0.1) is 17.1 Å². The van der Waals surface area contributed by atoms with Gasteiger partial charge in [0.2, 0.25) is 0 Å². The van der Waals surface area contributed by atoms with Crippen LogP contribution in [0.4, 0.5) is 4.39 Å². The van der Waals surface area contributed by atoms with E-state index in [2.05, 4.69) is 0 Å². The molecule has 2 nitrogen and oxygen atoms in total. The van der Waals surface area contributed by atoms with Crippen molar-refractivity contribution >= 4 is 0 Å². The number of benzene rings is 1. The Morgan fingerprint density at radius 2 is 2.27 bits per heavy atom. The van der Waals surface area contributed by atoms with Crippen LogP contribution in [-0.4, -0.2) is 6.10 Å². The number of hydrogen-bond acceptors (Lipinski definition) is 2. The van der Waals surface area contributed by atoms with Crippen LogP contribution < -0.4 is 0 Å². The van der Waals surface area contributed by atoms with Gasteiger partial charge in [0.05, 0.1) is 24.3 Å². The van der Waals surface area contributed by atoms with Gasteiger partial charge in [-0.2, -0.15) is 5.26 Å². The third-order valence-corrected chi connectivity index (χ3v) is 2.28. The predicted molar refractivity (Wildman–Crippen MR) is 55.7 cm³/mol. The first kappa shape index (κ1) is 11.7. The Bertz CT molecular complexity index is 370. The van der Waals surface area contributed by atoms with Crippen LogP contribution in [0.3, 0.4) is 0 Å². The molecule has 0 amide bonds. The molecule has 1 rings (SSSR count). The number of nitrogens with zero attached hydrogens (tertiary/aromatic N) is 1. The Balaban J connectivity index is 2.67. The lowest BCUT2D eigenvalue weighted by molar-refractivity contribution is 0.0492. The Morgan fingerprint density at radius 1 is 1.53 bits per heavy atom. The molecule has 0 saturated carbocycles.